The van der Waals surface area contributed by atoms with Crippen LogP contribution in [-0.2, 0) is 11.3 Å². The fourth-order valence-electron chi connectivity index (χ4n) is 5.22. The molecule has 188 valence electrons. The van der Waals surface area contributed by atoms with Crippen LogP contribution < -0.4 is 20.3 Å². The number of benzene rings is 2. The van der Waals surface area contributed by atoms with E-state index in [1.807, 2.05) is 31.1 Å². The summed E-state index contributed by atoms with van der Waals surface area (Å²) in [5, 5.41) is 7.00. The molecule has 2 aromatic rings. The van der Waals surface area contributed by atoms with Gasteiger partial charge in [0.1, 0.15) is 5.75 Å². The van der Waals surface area contributed by atoms with Crippen molar-refractivity contribution in [2.75, 3.05) is 32.6 Å². The summed E-state index contributed by atoms with van der Waals surface area (Å²) in [6.45, 7) is 0.801. The van der Waals surface area contributed by atoms with E-state index in [4.69, 9.17) is 27.9 Å². The second-order valence-electron chi connectivity index (χ2n) is 9.50. The summed E-state index contributed by atoms with van der Waals surface area (Å²) in [5.41, 5.74) is 2.30. The van der Waals surface area contributed by atoms with E-state index in [1.54, 1.807) is 12.1 Å². The lowest BCUT2D eigenvalue weighted by molar-refractivity contribution is -0.121. The highest BCUT2D eigenvalue weighted by Crippen LogP contribution is 2.37. The standard InChI is InChI=1S/C26H32Cl2N4O3/c1-31(2)23-13-24(35-3)21(12-22(23)28)26(34)29-14-25(33)30-18-10-19-8-9-20(11-18)32(19)15-16-4-6-17(27)7-5-16/h4-7,12-13,18-20H,8-11,14-15H2,1-3H3,(H,29,34)(H,30,33)/t19-,20-/m1/s1. The molecule has 2 fully saturated rings. The molecule has 2 N–H and O–H groups in total. The lowest BCUT2D eigenvalue weighted by atomic mass is 9.96. The number of amides is 2. The highest BCUT2D eigenvalue weighted by molar-refractivity contribution is 6.33. The van der Waals surface area contributed by atoms with Gasteiger partial charge in [0.2, 0.25) is 5.91 Å². The molecule has 0 radical (unpaired) electrons. The van der Waals surface area contributed by atoms with Crippen LogP contribution >= 0.6 is 23.2 Å². The molecule has 0 saturated carbocycles. The summed E-state index contributed by atoms with van der Waals surface area (Å²) in [4.78, 5) is 29.8. The SMILES string of the molecule is COc1cc(N(C)C)c(Cl)cc1C(=O)NCC(=O)NC1C[C@H]2CC[C@H](C1)N2Cc1ccc(Cl)cc1. The van der Waals surface area contributed by atoms with Crippen molar-refractivity contribution < 1.29 is 14.3 Å². The van der Waals surface area contributed by atoms with Gasteiger partial charge in [0, 0.05) is 49.9 Å². The minimum atomic E-state index is -0.401. The van der Waals surface area contributed by atoms with E-state index in [0.717, 1.165) is 42.9 Å². The van der Waals surface area contributed by atoms with E-state index in [-0.39, 0.29) is 18.5 Å². The molecule has 2 saturated heterocycles. The Balaban J connectivity index is 1.29. The Morgan fingerprint density at radius 3 is 2.34 bits per heavy atom. The van der Waals surface area contributed by atoms with Crippen molar-refractivity contribution in [3.8, 4) is 5.75 Å². The molecular formula is C26H32Cl2N4O3. The first kappa shape index (κ1) is 25.6. The first-order chi connectivity index (χ1) is 16.7. The summed E-state index contributed by atoms with van der Waals surface area (Å²) < 4.78 is 5.37. The Bertz CT molecular complexity index is 1060. The number of fused-ring (bicyclic) bond motifs is 2. The second-order valence-corrected chi connectivity index (χ2v) is 10.3. The zero-order chi connectivity index (χ0) is 25.1. The molecule has 2 bridgehead atoms. The molecule has 4 rings (SSSR count). The number of rotatable bonds is 8. The van der Waals surface area contributed by atoms with Crippen LogP contribution in [-0.4, -0.2) is 62.6 Å². The third-order valence-corrected chi connectivity index (χ3v) is 7.49. The smallest absolute Gasteiger partial charge is 0.255 e. The first-order valence-electron chi connectivity index (χ1n) is 11.9. The van der Waals surface area contributed by atoms with Gasteiger partial charge >= 0.3 is 0 Å². The molecule has 2 amide bonds. The van der Waals surface area contributed by atoms with Crippen LogP contribution in [0.15, 0.2) is 36.4 Å². The Hall–Kier alpha value is -2.48. The van der Waals surface area contributed by atoms with Crippen molar-refractivity contribution in [1.82, 2.24) is 15.5 Å². The van der Waals surface area contributed by atoms with Crippen molar-refractivity contribution in [2.24, 2.45) is 0 Å². The molecule has 0 spiro atoms. The van der Waals surface area contributed by atoms with Crippen molar-refractivity contribution in [3.05, 3.63) is 57.6 Å². The quantitative estimate of drug-likeness (QED) is 0.550. The van der Waals surface area contributed by atoms with Gasteiger partial charge in [-0.1, -0.05) is 35.3 Å². The predicted molar refractivity (Wildman–Crippen MR) is 140 cm³/mol. The van der Waals surface area contributed by atoms with Gasteiger partial charge in [-0.3, -0.25) is 14.5 Å². The van der Waals surface area contributed by atoms with Gasteiger partial charge in [-0.25, -0.2) is 0 Å². The number of anilines is 1. The molecule has 7 nitrogen and oxygen atoms in total. The monoisotopic (exact) mass is 518 g/mol. The van der Waals surface area contributed by atoms with E-state index >= 15 is 0 Å². The lowest BCUT2D eigenvalue weighted by Gasteiger charge is -2.39. The van der Waals surface area contributed by atoms with E-state index in [9.17, 15) is 9.59 Å². The number of hydrogen-bond acceptors (Lipinski definition) is 5. The molecule has 2 aromatic carbocycles. The summed E-state index contributed by atoms with van der Waals surface area (Å²) in [7, 11) is 5.22. The topological polar surface area (TPSA) is 73.9 Å². The van der Waals surface area contributed by atoms with Crippen LogP contribution in [0.4, 0.5) is 5.69 Å². The summed E-state index contributed by atoms with van der Waals surface area (Å²) in [5.74, 6) is -0.188. The van der Waals surface area contributed by atoms with E-state index in [0.29, 0.717) is 28.4 Å². The molecule has 2 heterocycles. The van der Waals surface area contributed by atoms with Crippen LogP contribution in [0.25, 0.3) is 0 Å². The number of halogens is 2. The lowest BCUT2D eigenvalue weighted by Crippen LogP contribution is -2.51. The van der Waals surface area contributed by atoms with Crippen LogP contribution in [0.1, 0.15) is 41.6 Å². The Morgan fingerprint density at radius 1 is 1.09 bits per heavy atom. The highest BCUT2D eigenvalue weighted by atomic mass is 35.5. The maximum absolute atomic E-state index is 12.7. The Labute approximate surface area is 216 Å². The predicted octanol–water partition coefficient (Wildman–Crippen LogP) is 4.11. The largest absolute Gasteiger partial charge is 0.496 e. The Kier molecular flexibility index (Phi) is 8.09. The number of ether oxygens (including phenoxy) is 1. The van der Waals surface area contributed by atoms with Gasteiger partial charge in [-0.05, 0) is 49.4 Å². The van der Waals surface area contributed by atoms with Crippen LogP contribution in [0.2, 0.25) is 10.0 Å². The van der Waals surface area contributed by atoms with E-state index < -0.39 is 5.91 Å². The van der Waals surface area contributed by atoms with Crippen molar-refractivity contribution >= 4 is 40.7 Å². The number of hydrogen-bond donors (Lipinski definition) is 2. The number of carbonyl (C=O) groups is 2. The van der Waals surface area contributed by atoms with E-state index in [1.165, 1.54) is 12.7 Å². The number of methoxy groups -OCH3 is 1. The number of piperidine rings is 1. The van der Waals surface area contributed by atoms with Crippen LogP contribution in [0, 0.1) is 0 Å². The minimum absolute atomic E-state index is 0.102. The zero-order valence-electron chi connectivity index (χ0n) is 20.3. The maximum Gasteiger partial charge on any atom is 0.255 e. The van der Waals surface area contributed by atoms with Gasteiger partial charge in [0.25, 0.3) is 5.91 Å². The van der Waals surface area contributed by atoms with Crippen molar-refractivity contribution in [3.63, 3.8) is 0 Å². The maximum atomic E-state index is 12.7. The van der Waals surface area contributed by atoms with Gasteiger partial charge in [-0.15, -0.1) is 0 Å². The second kappa shape index (κ2) is 11.1. The first-order valence-corrected chi connectivity index (χ1v) is 12.6. The minimum Gasteiger partial charge on any atom is -0.496 e. The van der Waals surface area contributed by atoms with Gasteiger partial charge in [-0.2, -0.15) is 0 Å². The molecular weight excluding hydrogens is 487 g/mol. The van der Waals surface area contributed by atoms with Crippen molar-refractivity contribution in [1.29, 1.82) is 0 Å². The fourth-order valence-corrected chi connectivity index (χ4v) is 5.68. The number of nitrogens with zero attached hydrogens (tertiary/aromatic N) is 2. The molecule has 9 heteroatoms. The Morgan fingerprint density at radius 2 is 1.74 bits per heavy atom. The molecule has 2 aliphatic heterocycles. The molecule has 2 aliphatic rings. The molecule has 0 unspecified atom stereocenters. The third-order valence-electron chi connectivity index (χ3n) is 6.93. The summed E-state index contributed by atoms with van der Waals surface area (Å²) >= 11 is 12.3. The average molecular weight is 519 g/mol. The summed E-state index contributed by atoms with van der Waals surface area (Å²) in [6.07, 6.45) is 4.12. The van der Waals surface area contributed by atoms with Gasteiger partial charge < -0.3 is 20.3 Å². The van der Waals surface area contributed by atoms with Crippen molar-refractivity contribution in [2.45, 2.75) is 50.4 Å². The average Bonchev–Trinajstić information content (AvgIpc) is 3.05. The molecule has 0 aromatic heterocycles. The normalized spacial score (nSPS) is 21.5. The number of nitrogens with one attached hydrogen (secondary N) is 2. The zero-order valence-corrected chi connectivity index (χ0v) is 21.8. The van der Waals surface area contributed by atoms with E-state index in [2.05, 4.69) is 27.7 Å². The van der Waals surface area contributed by atoms with Gasteiger partial charge in [0.15, 0.2) is 0 Å². The molecule has 35 heavy (non-hydrogen) atoms. The summed E-state index contributed by atoms with van der Waals surface area (Å²) in [6, 6.07) is 12.3. The highest BCUT2D eigenvalue weighted by Gasteiger charge is 2.40. The molecule has 2 atom stereocenters. The molecule has 0 aliphatic carbocycles. The fraction of sp³-hybridized carbons (Fsp3) is 0.462. The van der Waals surface area contributed by atoms with Crippen LogP contribution in [0.5, 0.6) is 5.75 Å². The van der Waals surface area contributed by atoms with Gasteiger partial charge in [0.05, 0.1) is 29.9 Å². The van der Waals surface area contributed by atoms with Crippen LogP contribution in [0.3, 0.4) is 0 Å². The third kappa shape index (κ3) is 6.02. The number of carbonyl (C=O) groups excluding carboxylic acids is 2.